The van der Waals surface area contributed by atoms with Crippen molar-refractivity contribution in [2.24, 2.45) is 0 Å². The second kappa shape index (κ2) is 4.76. The predicted molar refractivity (Wildman–Crippen MR) is 52.1 cm³/mol. The number of rotatable bonds is 2. The minimum Gasteiger partial charge on any atom is -0.462 e. The Kier molecular flexibility index (Phi) is 3.64. The van der Waals surface area contributed by atoms with E-state index in [1.54, 1.807) is 13.0 Å². The topological polar surface area (TPSA) is 50.1 Å². The molecule has 1 aromatic carbocycles. The summed E-state index contributed by atoms with van der Waals surface area (Å²) in [6, 6.07) is 3.88. The number of hydrogen-bond acceptors (Lipinski definition) is 3. The second-order valence-corrected chi connectivity index (χ2v) is 3.08. The number of carbonyl (C=O) groups is 1. The Hall–Kier alpha value is -1.60. The molecule has 0 aliphatic carbocycles. The van der Waals surface area contributed by atoms with Gasteiger partial charge in [-0.2, -0.15) is 5.26 Å². The summed E-state index contributed by atoms with van der Waals surface area (Å²) in [7, 11) is 0. The molecule has 0 atom stereocenters. The molecule has 0 fully saturated rings. The van der Waals surface area contributed by atoms with E-state index in [-0.39, 0.29) is 22.8 Å². The molecule has 1 rings (SSSR count). The molecule has 78 valence electrons. The summed E-state index contributed by atoms with van der Waals surface area (Å²) in [5.74, 6) is -1.71. The number of ether oxygens (including phenoxy) is 1. The normalized spacial score (nSPS) is 9.47. The molecule has 0 amide bonds. The van der Waals surface area contributed by atoms with Crippen LogP contribution in [0.3, 0.4) is 0 Å². The van der Waals surface area contributed by atoms with Gasteiger partial charge in [-0.25, -0.2) is 9.18 Å². The number of nitriles is 1. The van der Waals surface area contributed by atoms with Crippen LogP contribution in [0.25, 0.3) is 0 Å². The van der Waals surface area contributed by atoms with Crippen molar-refractivity contribution in [1.29, 1.82) is 5.26 Å². The van der Waals surface area contributed by atoms with Crippen molar-refractivity contribution in [1.82, 2.24) is 0 Å². The Morgan fingerprint density at radius 1 is 1.67 bits per heavy atom. The standard InChI is InChI=1S/C10H7ClFNO2/c1-2-15-10(14)9-6(5-13)3-7(11)4-8(9)12/h3-4H,2H2,1H3. The first-order valence-corrected chi connectivity index (χ1v) is 4.54. The smallest absolute Gasteiger partial charge is 0.342 e. The van der Waals surface area contributed by atoms with Crippen molar-refractivity contribution in [2.45, 2.75) is 6.92 Å². The predicted octanol–water partition coefficient (Wildman–Crippen LogP) is 2.53. The van der Waals surface area contributed by atoms with Crippen LogP contribution < -0.4 is 0 Å². The van der Waals surface area contributed by atoms with Gasteiger partial charge in [0, 0.05) is 5.02 Å². The van der Waals surface area contributed by atoms with Crippen LogP contribution in [0.2, 0.25) is 5.02 Å². The number of benzene rings is 1. The zero-order chi connectivity index (χ0) is 11.4. The Balaban J connectivity index is 3.28. The van der Waals surface area contributed by atoms with Gasteiger partial charge < -0.3 is 4.74 Å². The highest BCUT2D eigenvalue weighted by Crippen LogP contribution is 2.20. The molecule has 3 nitrogen and oxygen atoms in total. The van der Waals surface area contributed by atoms with Crippen LogP contribution in [0.15, 0.2) is 12.1 Å². The summed E-state index contributed by atoms with van der Waals surface area (Å²) >= 11 is 5.54. The average molecular weight is 228 g/mol. The largest absolute Gasteiger partial charge is 0.462 e. The summed E-state index contributed by atoms with van der Waals surface area (Å²) < 4.78 is 18.0. The highest BCUT2D eigenvalue weighted by atomic mass is 35.5. The first-order valence-electron chi connectivity index (χ1n) is 4.16. The monoisotopic (exact) mass is 227 g/mol. The summed E-state index contributed by atoms with van der Waals surface area (Å²) in [5.41, 5.74) is -0.498. The third-order valence-electron chi connectivity index (χ3n) is 1.66. The third-order valence-corrected chi connectivity index (χ3v) is 1.87. The maximum atomic E-state index is 13.3. The fourth-order valence-electron chi connectivity index (χ4n) is 1.07. The Morgan fingerprint density at radius 2 is 2.33 bits per heavy atom. The van der Waals surface area contributed by atoms with Crippen LogP contribution in [-0.4, -0.2) is 12.6 Å². The van der Waals surface area contributed by atoms with Gasteiger partial charge in [-0.15, -0.1) is 0 Å². The number of carbonyl (C=O) groups excluding carboxylic acids is 1. The van der Waals surface area contributed by atoms with E-state index in [0.717, 1.165) is 6.07 Å². The van der Waals surface area contributed by atoms with E-state index in [0.29, 0.717) is 0 Å². The molecule has 5 heteroatoms. The molecule has 0 aliphatic heterocycles. The minimum atomic E-state index is -0.858. The van der Waals surface area contributed by atoms with Crippen LogP contribution in [0, 0.1) is 17.1 Å². The van der Waals surface area contributed by atoms with E-state index >= 15 is 0 Å². The molecule has 0 aliphatic rings. The zero-order valence-electron chi connectivity index (χ0n) is 7.88. The lowest BCUT2D eigenvalue weighted by molar-refractivity contribution is 0.0520. The van der Waals surface area contributed by atoms with E-state index in [9.17, 15) is 9.18 Å². The minimum absolute atomic E-state index is 0.0668. The zero-order valence-corrected chi connectivity index (χ0v) is 8.64. The Labute approximate surface area is 91.0 Å². The second-order valence-electron chi connectivity index (χ2n) is 2.64. The van der Waals surface area contributed by atoms with Crippen molar-refractivity contribution >= 4 is 17.6 Å². The van der Waals surface area contributed by atoms with Crippen LogP contribution in [-0.2, 0) is 4.74 Å². The SMILES string of the molecule is CCOC(=O)c1c(F)cc(Cl)cc1C#N. The molecule has 0 unspecified atom stereocenters. The van der Waals surface area contributed by atoms with Crippen molar-refractivity contribution in [3.63, 3.8) is 0 Å². The number of nitrogens with zero attached hydrogens (tertiary/aromatic N) is 1. The lowest BCUT2D eigenvalue weighted by Gasteiger charge is -2.05. The fourth-order valence-corrected chi connectivity index (χ4v) is 1.28. The molecule has 0 N–H and O–H groups in total. The Morgan fingerprint density at radius 3 is 2.87 bits per heavy atom. The average Bonchev–Trinajstić information content (AvgIpc) is 2.16. The maximum Gasteiger partial charge on any atom is 0.342 e. The van der Waals surface area contributed by atoms with Crippen molar-refractivity contribution < 1.29 is 13.9 Å². The van der Waals surface area contributed by atoms with Gasteiger partial charge in [-0.3, -0.25) is 0 Å². The molecule has 0 bridgehead atoms. The van der Waals surface area contributed by atoms with Gasteiger partial charge in [0.25, 0.3) is 0 Å². The van der Waals surface area contributed by atoms with E-state index in [2.05, 4.69) is 4.74 Å². The van der Waals surface area contributed by atoms with Crippen molar-refractivity contribution in [3.05, 3.63) is 34.1 Å². The van der Waals surface area contributed by atoms with E-state index in [1.165, 1.54) is 6.07 Å². The quantitative estimate of drug-likeness (QED) is 0.730. The van der Waals surface area contributed by atoms with E-state index < -0.39 is 11.8 Å². The molecule has 15 heavy (non-hydrogen) atoms. The van der Waals surface area contributed by atoms with Crippen molar-refractivity contribution in [2.75, 3.05) is 6.61 Å². The van der Waals surface area contributed by atoms with Crippen LogP contribution in [0.4, 0.5) is 4.39 Å². The van der Waals surface area contributed by atoms with Gasteiger partial charge in [0.1, 0.15) is 17.4 Å². The molecular weight excluding hydrogens is 221 g/mol. The molecule has 1 aromatic rings. The summed E-state index contributed by atoms with van der Waals surface area (Å²) in [4.78, 5) is 11.3. The fraction of sp³-hybridized carbons (Fsp3) is 0.200. The highest BCUT2D eigenvalue weighted by molar-refractivity contribution is 6.30. The molecule has 0 radical (unpaired) electrons. The summed E-state index contributed by atoms with van der Waals surface area (Å²) in [6.45, 7) is 1.71. The summed E-state index contributed by atoms with van der Waals surface area (Å²) in [6.07, 6.45) is 0. The van der Waals surface area contributed by atoms with Gasteiger partial charge in [-0.1, -0.05) is 11.6 Å². The van der Waals surface area contributed by atoms with Crippen LogP contribution in [0.5, 0.6) is 0 Å². The van der Waals surface area contributed by atoms with Crippen LogP contribution >= 0.6 is 11.6 Å². The number of esters is 1. The van der Waals surface area contributed by atoms with Crippen molar-refractivity contribution in [3.8, 4) is 6.07 Å². The molecule has 0 heterocycles. The van der Waals surface area contributed by atoms with Gasteiger partial charge in [0.05, 0.1) is 12.2 Å². The lowest BCUT2D eigenvalue weighted by atomic mass is 10.1. The molecular formula is C10H7ClFNO2. The van der Waals surface area contributed by atoms with Crippen LogP contribution in [0.1, 0.15) is 22.8 Å². The Bertz CT molecular complexity index is 440. The molecule has 0 spiro atoms. The number of halogens is 2. The lowest BCUT2D eigenvalue weighted by Crippen LogP contribution is -2.09. The van der Waals surface area contributed by atoms with Gasteiger partial charge in [0.2, 0.25) is 0 Å². The van der Waals surface area contributed by atoms with Gasteiger partial charge in [0.15, 0.2) is 0 Å². The first-order chi connectivity index (χ1) is 7.10. The highest BCUT2D eigenvalue weighted by Gasteiger charge is 2.18. The third kappa shape index (κ3) is 2.45. The van der Waals surface area contributed by atoms with Gasteiger partial charge in [-0.05, 0) is 19.1 Å². The molecule has 0 saturated heterocycles. The number of hydrogen-bond donors (Lipinski definition) is 0. The van der Waals surface area contributed by atoms with E-state index in [1.807, 2.05) is 0 Å². The molecule has 0 aromatic heterocycles. The van der Waals surface area contributed by atoms with E-state index in [4.69, 9.17) is 16.9 Å². The first kappa shape index (κ1) is 11.5. The maximum absolute atomic E-state index is 13.3. The van der Waals surface area contributed by atoms with Gasteiger partial charge >= 0.3 is 5.97 Å². The molecule has 0 saturated carbocycles. The summed E-state index contributed by atoms with van der Waals surface area (Å²) in [5, 5.41) is 8.77.